The molecule has 0 N–H and O–H groups in total. The van der Waals surface area contributed by atoms with Crippen molar-refractivity contribution in [2.24, 2.45) is 0 Å². The summed E-state index contributed by atoms with van der Waals surface area (Å²) in [6.45, 7) is 3.08. The van der Waals surface area contributed by atoms with Crippen LogP contribution in [-0.2, 0) is 9.53 Å². The molecule has 1 unspecified atom stereocenters. The first-order valence-electron chi connectivity index (χ1n) is 2.89. The Balaban J connectivity index is 2.66. The lowest BCUT2D eigenvalue weighted by Crippen LogP contribution is -2.29. The van der Waals surface area contributed by atoms with Crippen molar-refractivity contribution in [1.29, 1.82) is 0 Å². The van der Waals surface area contributed by atoms with Crippen LogP contribution in [0.2, 0.25) is 0 Å². The third-order valence-electron chi connectivity index (χ3n) is 1.30. The van der Waals surface area contributed by atoms with E-state index in [1.165, 1.54) is 11.6 Å². The molecule has 0 aromatic heterocycles. The second kappa shape index (κ2) is 2.64. The minimum absolute atomic E-state index is 0.0903. The summed E-state index contributed by atoms with van der Waals surface area (Å²) in [5.41, 5.74) is 0. The summed E-state index contributed by atoms with van der Waals surface area (Å²) in [7, 11) is 1.64. The molecule has 0 aromatic carbocycles. The van der Waals surface area contributed by atoms with Gasteiger partial charge in [-0.2, -0.15) is 0 Å². The monoisotopic (exact) mass is 158 g/mol. The second-order valence-corrected chi connectivity index (χ2v) is 2.83. The van der Waals surface area contributed by atoms with Crippen molar-refractivity contribution in [3.8, 4) is 0 Å². The summed E-state index contributed by atoms with van der Waals surface area (Å²) in [4.78, 5) is 13.0. The van der Waals surface area contributed by atoms with E-state index in [-0.39, 0.29) is 5.91 Å². The minimum Gasteiger partial charge on any atom is -0.518 e. The zero-order chi connectivity index (χ0) is 7.72. The van der Waals surface area contributed by atoms with E-state index in [0.717, 1.165) is 0 Å². The Hall–Kier alpha value is -0.480. The van der Waals surface area contributed by atoms with Gasteiger partial charge in [-0.15, -0.1) is 6.73 Å². The van der Waals surface area contributed by atoms with Crippen LogP contribution in [0.5, 0.6) is 0 Å². The average Bonchev–Trinajstić information content (AvgIpc) is 2.14. The van der Waals surface area contributed by atoms with Crippen LogP contribution in [0.1, 0.15) is 6.92 Å². The van der Waals surface area contributed by atoms with Gasteiger partial charge in [-0.1, -0.05) is 12.2 Å². The molecule has 1 fully saturated rings. The van der Waals surface area contributed by atoms with E-state index >= 15 is 0 Å². The molecular formula is C6H8NO2S-. The van der Waals surface area contributed by atoms with Crippen LogP contribution in [0.15, 0.2) is 0 Å². The highest BCUT2D eigenvalue weighted by Gasteiger charge is 2.23. The fourth-order valence-corrected chi connectivity index (χ4v) is 0.873. The van der Waals surface area contributed by atoms with Gasteiger partial charge in [0, 0.05) is 4.86 Å². The summed E-state index contributed by atoms with van der Waals surface area (Å²) in [6, 6.07) is 0. The number of hydrogen-bond donors (Lipinski definition) is 0. The van der Waals surface area contributed by atoms with Gasteiger partial charge in [0.05, 0.1) is 0 Å². The van der Waals surface area contributed by atoms with Crippen LogP contribution in [0.3, 0.4) is 0 Å². The van der Waals surface area contributed by atoms with E-state index in [0.29, 0.717) is 4.86 Å². The zero-order valence-electron chi connectivity index (χ0n) is 5.83. The van der Waals surface area contributed by atoms with Crippen molar-refractivity contribution in [3.63, 3.8) is 0 Å². The van der Waals surface area contributed by atoms with Crippen LogP contribution in [0, 0.1) is 6.73 Å². The summed E-state index contributed by atoms with van der Waals surface area (Å²) >= 11 is 4.79. The molecule has 1 amide bonds. The van der Waals surface area contributed by atoms with E-state index in [1.54, 1.807) is 14.0 Å². The Morgan fingerprint density at radius 1 is 1.90 bits per heavy atom. The molecule has 1 rings (SSSR count). The van der Waals surface area contributed by atoms with Gasteiger partial charge in [0.1, 0.15) is 6.10 Å². The van der Waals surface area contributed by atoms with E-state index in [9.17, 15) is 4.79 Å². The van der Waals surface area contributed by atoms with Gasteiger partial charge >= 0.3 is 0 Å². The molecule has 4 heteroatoms. The zero-order valence-corrected chi connectivity index (χ0v) is 6.64. The van der Waals surface area contributed by atoms with Crippen LogP contribution >= 0.6 is 12.2 Å². The number of carbonyl (C=O) groups excluding carboxylic acids is 1. The van der Waals surface area contributed by atoms with Gasteiger partial charge in [0.15, 0.2) is 0 Å². The maximum absolute atomic E-state index is 11.0. The Morgan fingerprint density at radius 2 is 2.50 bits per heavy atom. The van der Waals surface area contributed by atoms with Crippen molar-refractivity contribution >= 4 is 23.0 Å². The molecule has 0 bridgehead atoms. The van der Waals surface area contributed by atoms with E-state index in [1.807, 2.05) is 0 Å². The van der Waals surface area contributed by atoms with Crippen LogP contribution in [-0.4, -0.2) is 28.8 Å². The molecule has 10 heavy (non-hydrogen) atoms. The first-order valence-corrected chi connectivity index (χ1v) is 3.29. The smallest absolute Gasteiger partial charge is 0.226 e. The Kier molecular flexibility index (Phi) is 2.01. The molecule has 56 valence electrons. The number of likely N-dealkylation sites (N-methyl/N-ethyl adjacent to an activating group) is 1. The van der Waals surface area contributed by atoms with Gasteiger partial charge < -0.3 is 9.64 Å². The molecule has 1 aliphatic rings. The summed E-state index contributed by atoms with van der Waals surface area (Å²) in [6.07, 6.45) is -0.528. The van der Waals surface area contributed by atoms with Crippen LogP contribution in [0.4, 0.5) is 0 Å². The molecule has 0 aromatic rings. The van der Waals surface area contributed by atoms with Crippen molar-refractivity contribution in [3.05, 3.63) is 6.73 Å². The summed E-state index contributed by atoms with van der Waals surface area (Å²) in [5, 5.41) is 0. The van der Waals surface area contributed by atoms with Gasteiger partial charge in [0.2, 0.25) is 5.91 Å². The highest BCUT2D eigenvalue weighted by atomic mass is 32.1. The normalized spacial score (nSPS) is 25.6. The molecule has 0 aliphatic carbocycles. The van der Waals surface area contributed by atoms with Gasteiger partial charge in [-0.3, -0.25) is 4.79 Å². The topological polar surface area (TPSA) is 29.5 Å². The Morgan fingerprint density at radius 3 is 2.70 bits per heavy atom. The summed E-state index contributed by atoms with van der Waals surface area (Å²) < 4.78 is 4.95. The molecule has 0 spiro atoms. The van der Waals surface area contributed by atoms with Crippen LogP contribution in [0.25, 0.3) is 0 Å². The molecule has 3 nitrogen and oxygen atoms in total. The average molecular weight is 158 g/mol. The maximum atomic E-state index is 11.0. The third-order valence-corrected chi connectivity index (χ3v) is 1.51. The number of amides is 1. The first-order chi connectivity index (χ1) is 4.63. The summed E-state index contributed by atoms with van der Waals surface area (Å²) in [5.74, 6) is -0.0903. The number of thiocarbonyl (C=S) groups is 1. The highest BCUT2D eigenvalue weighted by Crippen LogP contribution is 2.12. The Labute approximate surface area is 65.0 Å². The molecule has 0 radical (unpaired) electrons. The standard InChI is InChI=1S/C6H8NO2S/c1-4(10)5-6(8)7(2)3-9-5/h3,5H,1-2H3/q-1. The minimum atomic E-state index is -0.528. The highest BCUT2D eigenvalue weighted by molar-refractivity contribution is 7.80. The van der Waals surface area contributed by atoms with Crippen molar-refractivity contribution in [2.75, 3.05) is 7.05 Å². The van der Waals surface area contributed by atoms with Gasteiger partial charge in [0.25, 0.3) is 0 Å². The molecular weight excluding hydrogens is 150 g/mol. The Bertz CT molecular complexity index is 181. The second-order valence-electron chi connectivity index (χ2n) is 2.18. The molecule has 1 aliphatic heterocycles. The quantitative estimate of drug-likeness (QED) is 0.407. The SMILES string of the molecule is CC(=S)C1O[CH-]N(C)C1=O. The van der Waals surface area contributed by atoms with E-state index < -0.39 is 6.10 Å². The molecule has 0 saturated carbocycles. The number of nitrogens with zero attached hydrogens (tertiary/aromatic N) is 1. The lowest BCUT2D eigenvalue weighted by atomic mass is 10.2. The largest absolute Gasteiger partial charge is 0.518 e. The molecule has 1 atom stereocenters. The fourth-order valence-electron chi connectivity index (χ4n) is 0.717. The fraction of sp³-hybridized carbons (Fsp3) is 0.500. The predicted octanol–water partition coefficient (Wildman–Crippen LogP) is 0.353. The molecule has 1 heterocycles. The predicted molar refractivity (Wildman–Crippen MR) is 40.2 cm³/mol. The van der Waals surface area contributed by atoms with E-state index in [4.69, 9.17) is 17.0 Å². The first kappa shape index (κ1) is 7.63. The number of hydrogen-bond acceptors (Lipinski definition) is 3. The van der Waals surface area contributed by atoms with Crippen molar-refractivity contribution in [2.45, 2.75) is 13.0 Å². The van der Waals surface area contributed by atoms with E-state index in [2.05, 4.69) is 0 Å². The number of ether oxygens (including phenoxy) is 1. The number of rotatable bonds is 1. The van der Waals surface area contributed by atoms with Gasteiger partial charge in [-0.05, 0) is 14.0 Å². The lowest BCUT2D eigenvalue weighted by molar-refractivity contribution is -0.126. The van der Waals surface area contributed by atoms with Crippen molar-refractivity contribution in [1.82, 2.24) is 4.90 Å². The lowest BCUT2D eigenvalue weighted by Gasteiger charge is -2.14. The molecule has 1 saturated heterocycles. The maximum Gasteiger partial charge on any atom is 0.226 e. The van der Waals surface area contributed by atoms with Crippen LogP contribution < -0.4 is 0 Å². The van der Waals surface area contributed by atoms with Crippen molar-refractivity contribution < 1.29 is 9.53 Å². The van der Waals surface area contributed by atoms with Gasteiger partial charge in [-0.25, -0.2) is 0 Å². The number of carbonyl (C=O) groups is 1. The third kappa shape index (κ3) is 1.17.